The lowest BCUT2D eigenvalue weighted by Gasteiger charge is -2.38. The number of nitrogens with zero attached hydrogens (tertiary/aromatic N) is 2. The zero-order valence-corrected chi connectivity index (χ0v) is 15.2. The molecule has 134 valence electrons. The molecule has 2 heterocycles. The summed E-state index contributed by atoms with van der Waals surface area (Å²) in [6, 6.07) is 15.6. The van der Waals surface area contributed by atoms with Gasteiger partial charge in [-0.15, -0.1) is 0 Å². The van der Waals surface area contributed by atoms with Crippen molar-refractivity contribution in [2.24, 2.45) is 0 Å². The zero-order valence-electron chi connectivity index (χ0n) is 15.2. The Hall–Kier alpha value is -2.33. The number of amides is 1. The van der Waals surface area contributed by atoms with Crippen LogP contribution in [0.15, 0.2) is 42.5 Å². The van der Waals surface area contributed by atoms with Crippen LogP contribution >= 0.6 is 0 Å². The van der Waals surface area contributed by atoms with Gasteiger partial charge in [-0.1, -0.05) is 42.5 Å². The summed E-state index contributed by atoms with van der Waals surface area (Å²) in [6.45, 7) is 3.54. The van der Waals surface area contributed by atoms with E-state index in [1.54, 1.807) is 4.90 Å². The number of benzene rings is 2. The van der Waals surface area contributed by atoms with Crippen LogP contribution in [0.1, 0.15) is 29.5 Å². The van der Waals surface area contributed by atoms with Crippen LogP contribution in [-0.4, -0.2) is 48.2 Å². The third-order valence-electron chi connectivity index (χ3n) is 6.02. The van der Waals surface area contributed by atoms with Crippen molar-refractivity contribution >= 4 is 6.09 Å². The summed E-state index contributed by atoms with van der Waals surface area (Å²) in [5.74, 6) is 0. The quantitative estimate of drug-likeness (QED) is 0.708. The normalized spacial score (nSPS) is 24.7. The molecule has 2 fully saturated rings. The molecule has 1 unspecified atom stereocenters. The largest absolute Gasteiger partial charge is 0.440 e. The van der Waals surface area contributed by atoms with Crippen LogP contribution in [0.5, 0.6) is 0 Å². The van der Waals surface area contributed by atoms with Crippen molar-refractivity contribution in [3.05, 3.63) is 59.2 Å². The molecule has 3 aliphatic rings. The van der Waals surface area contributed by atoms with Crippen LogP contribution < -0.4 is 0 Å². The molecule has 1 amide bonds. The van der Waals surface area contributed by atoms with Gasteiger partial charge in [-0.2, -0.15) is 0 Å². The van der Waals surface area contributed by atoms with Crippen LogP contribution in [0.25, 0.3) is 11.1 Å². The average molecular weight is 348 g/mol. The minimum Gasteiger partial charge on any atom is -0.440 e. The molecule has 2 aliphatic heterocycles. The monoisotopic (exact) mass is 348 g/mol. The molecule has 0 bridgehead atoms. The number of fused-ring (bicyclic) bond motifs is 3. The summed E-state index contributed by atoms with van der Waals surface area (Å²) in [4.78, 5) is 16.0. The van der Waals surface area contributed by atoms with E-state index in [0.29, 0.717) is 6.54 Å². The minimum atomic E-state index is -0.308. The van der Waals surface area contributed by atoms with Crippen LogP contribution in [0.2, 0.25) is 0 Å². The SMILES string of the molecule is CN1CC2(CCCN(Cc3ccc4c(c3)Cc3ccccc3-4)C2)OC1=O. The van der Waals surface area contributed by atoms with Gasteiger partial charge >= 0.3 is 6.09 Å². The fourth-order valence-electron chi connectivity index (χ4n) is 4.88. The Labute approximate surface area is 154 Å². The Morgan fingerprint density at radius 2 is 1.92 bits per heavy atom. The number of carbonyl (C=O) groups excluding carboxylic acids is 1. The molecule has 0 aromatic heterocycles. The van der Waals surface area contributed by atoms with Gasteiger partial charge in [0.25, 0.3) is 0 Å². The first kappa shape index (κ1) is 15.9. The minimum absolute atomic E-state index is 0.179. The topological polar surface area (TPSA) is 32.8 Å². The van der Waals surface area contributed by atoms with Gasteiger partial charge in [0.05, 0.1) is 6.54 Å². The van der Waals surface area contributed by atoms with Crippen molar-refractivity contribution in [1.82, 2.24) is 9.80 Å². The maximum absolute atomic E-state index is 11.8. The Kier molecular flexibility index (Phi) is 3.57. The second-order valence-corrected chi connectivity index (χ2v) is 8.05. The lowest BCUT2D eigenvalue weighted by atomic mass is 9.92. The first-order valence-electron chi connectivity index (χ1n) is 9.48. The van der Waals surface area contributed by atoms with Gasteiger partial charge in [0.1, 0.15) is 5.60 Å². The Morgan fingerprint density at radius 3 is 2.77 bits per heavy atom. The second kappa shape index (κ2) is 5.85. The Bertz CT molecular complexity index is 878. The lowest BCUT2D eigenvalue weighted by molar-refractivity contribution is -0.0113. The molecule has 0 N–H and O–H groups in total. The highest BCUT2D eigenvalue weighted by Crippen LogP contribution is 2.37. The molecule has 4 heteroatoms. The molecule has 2 aromatic rings. The van der Waals surface area contributed by atoms with Crippen molar-refractivity contribution < 1.29 is 9.53 Å². The van der Waals surface area contributed by atoms with Gasteiger partial charge in [-0.25, -0.2) is 4.79 Å². The predicted molar refractivity (Wildman–Crippen MR) is 101 cm³/mol. The molecular formula is C22H24N2O2. The Balaban J connectivity index is 1.33. The average Bonchev–Trinajstić information content (AvgIpc) is 3.11. The number of likely N-dealkylation sites (tertiary alicyclic amines) is 1. The first-order chi connectivity index (χ1) is 12.6. The highest BCUT2D eigenvalue weighted by molar-refractivity contribution is 5.76. The van der Waals surface area contributed by atoms with E-state index in [-0.39, 0.29) is 11.7 Å². The summed E-state index contributed by atoms with van der Waals surface area (Å²) in [7, 11) is 1.83. The van der Waals surface area contributed by atoms with E-state index in [1.807, 2.05) is 7.05 Å². The van der Waals surface area contributed by atoms with Crippen molar-refractivity contribution in [2.75, 3.05) is 26.7 Å². The van der Waals surface area contributed by atoms with Crippen molar-refractivity contribution in [2.45, 2.75) is 31.4 Å². The van der Waals surface area contributed by atoms with Crippen LogP contribution in [-0.2, 0) is 17.7 Å². The molecule has 0 radical (unpaired) electrons. The van der Waals surface area contributed by atoms with Gasteiger partial charge in [-0.3, -0.25) is 4.90 Å². The summed E-state index contributed by atoms with van der Waals surface area (Å²) in [6.07, 6.45) is 2.91. The summed E-state index contributed by atoms with van der Waals surface area (Å²) < 4.78 is 5.73. The second-order valence-electron chi connectivity index (χ2n) is 8.05. The molecule has 1 spiro atoms. The molecule has 4 nitrogen and oxygen atoms in total. The van der Waals surface area contributed by atoms with E-state index < -0.39 is 0 Å². The maximum atomic E-state index is 11.8. The van der Waals surface area contributed by atoms with Crippen LogP contribution in [0.4, 0.5) is 4.79 Å². The van der Waals surface area contributed by atoms with Gasteiger partial charge in [-0.05, 0) is 53.6 Å². The van der Waals surface area contributed by atoms with E-state index in [0.717, 1.165) is 38.9 Å². The summed E-state index contributed by atoms with van der Waals surface area (Å²) in [5.41, 5.74) is 6.67. The van der Waals surface area contributed by atoms with Gasteiger partial charge < -0.3 is 9.64 Å². The van der Waals surface area contributed by atoms with E-state index >= 15 is 0 Å². The number of hydrogen-bond acceptors (Lipinski definition) is 3. The maximum Gasteiger partial charge on any atom is 0.410 e. The first-order valence-corrected chi connectivity index (χ1v) is 9.48. The molecule has 1 atom stereocenters. The molecule has 2 saturated heterocycles. The van der Waals surface area contributed by atoms with E-state index in [4.69, 9.17) is 4.74 Å². The van der Waals surface area contributed by atoms with Gasteiger partial charge in [0.15, 0.2) is 0 Å². The van der Waals surface area contributed by atoms with Gasteiger partial charge in [0.2, 0.25) is 0 Å². The van der Waals surface area contributed by atoms with Gasteiger partial charge in [0, 0.05) is 20.1 Å². The standard InChI is InChI=1S/C22H24N2O2/c1-23-14-22(26-21(23)25)9-4-10-24(15-22)13-16-7-8-20-18(11-16)12-17-5-2-3-6-19(17)20/h2-3,5-8,11H,4,9-10,12-15H2,1H3. The third-order valence-corrected chi connectivity index (χ3v) is 6.02. The molecule has 26 heavy (non-hydrogen) atoms. The Morgan fingerprint density at radius 1 is 1.08 bits per heavy atom. The third kappa shape index (κ3) is 2.60. The number of rotatable bonds is 2. The van der Waals surface area contributed by atoms with E-state index in [9.17, 15) is 4.79 Å². The van der Waals surface area contributed by atoms with Crippen molar-refractivity contribution in [3.63, 3.8) is 0 Å². The number of piperidine rings is 1. The molecule has 0 saturated carbocycles. The fraction of sp³-hybridized carbons (Fsp3) is 0.409. The highest BCUT2D eigenvalue weighted by atomic mass is 16.6. The molecule has 1 aliphatic carbocycles. The predicted octanol–water partition coefficient (Wildman–Crippen LogP) is 3.67. The van der Waals surface area contributed by atoms with Crippen molar-refractivity contribution in [1.29, 1.82) is 0 Å². The lowest BCUT2D eigenvalue weighted by Crippen LogP contribution is -2.50. The highest BCUT2D eigenvalue weighted by Gasteiger charge is 2.46. The number of likely N-dealkylation sites (N-methyl/N-ethyl adjacent to an activating group) is 1. The molecule has 5 rings (SSSR count). The zero-order chi connectivity index (χ0) is 17.7. The van der Waals surface area contributed by atoms with E-state index in [1.165, 1.54) is 27.8 Å². The van der Waals surface area contributed by atoms with Crippen molar-refractivity contribution in [3.8, 4) is 11.1 Å². The number of ether oxygens (including phenoxy) is 1. The molecular weight excluding hydrogens is 324 g/mol. The summed E-state index contributed by atoms with van der Waals surface area (Å²) >= 11 is 0. The summed E-state index contributed by atoms with van der Waals surface area (Å²) in [5, 5.41) is 0. The molecule has 2 aromatic carbocycles. The smallest absolute Gasteiger partial charge is 0.410 e. The van der Waals surface area contributed by atoms with Crippen LogP contribution in [0.3, 0.4) is 0 Å². The van der Waals surface area contributed by atoms with E-state index in [2.05, 4.69) is 47.4 Å². The number of carbonyl (C=O) groups is 1. The van der Waals surface area contributed by atoms with Crippen LogP contribution in [0, 0.1) is 0 Å². The number of hydrogen-bond donors (Lipinski definition) is 0. The fourth-order valence-corrected chi connectivity index (χ4v) is 4.88.